The van der Waals surface area contributed by atoms with Crippen LogP contribution in [0.5, 0.6) is 0 Å². The quantitative estimate of drug-likeness (QED) is 0.731. The van der Waals surface area contributed by atoms with Crippen LogP contribution in [0.3, 0.4) is 0 Å². The summed E-state index contributed by atoms with van der Waals surface area (Å²) in [5, 5.41) is 0. The van der Waals surface area contributed by atoms with E-state index >= 15 is 0 Å². The summed E-state index contributed by atoms with van der Waals surface area (Å²) in [6.07, 6.45) is 0. The highest BCUT2D eigenvalue weighted by atomic mass is 32.2. The molecule has 2 heteroatoms. The van der Waals surface area contributed by atoms with Crippen LogP contribution in [0.1, 0.15) is 25.3 Å². The molecule has 0 radical (unpaired) electrons. The molecule has 0 aliphatic heterocycles. The SMILES string of the molecule is CC(C)CSCC(CS)c1ccccc1. The van der Waals surface area contributed by atoms with Gasteiger partial charge in [-0.05, 0) is 23.0 Å². The van der Waals surface area contributed by atoms with E-state index in [1.807, 2.05) is 11.8 Å². The molecule has 0 N–H and O–H groups in total. The van der Waals surface area contributed by atoms with E-state index in [-0.39, 0.29) is 0 Å². The maximum Gasteiger partial charge on any atom is 0.00172 e. The van der Waals surface area contributed by atoms with Crippen molar-refractivity contribution in [2.45, 2.75) is 19.8 Å². The molecule has 1 aromatic rings. The Kier molecular flexibility index (Phi) is 6.26. The number of thiol groups is 1. The van der Waals surface area contributed by atoms with Crippen molar-refractivity contribution in [2.24, 2.45) is 5.92 Å². The summed E-state index contributed by atoms with van der Waals surface area (Å²) in [5.74, 6) is 4.75. The van der Waals surface area contributed by atoms with Crippen LogP contribution in [-0.4, -0.2) is 17.3 Å². The van der Waals surface area contributed by atoms with Crippen LogP contribution in [0.2, 0.25) is 0 Å². The fraction of sp³-hybridized carbons (Fsp3) is 0.538. The number of hydrogen-bond donors (Lipinski definition) is 1. The maximum atomic E-state index is 4.44. The van der Waals surface area contributed by atoms with Gasteiger partial charge in [-0.2, -0.15) is 24.4 Å². The third kappa shape index (κ3) is 4.98. The highest BCUT2D eigenvalue weighted by Crippen LogP contribution is 2.23. The van der Waals surface area contributed by atoms with Crippen molar-refractivity contribution in [3.05, 3.63) is 35.9 Å². The molecule has 0 saturated heterocycles. The van der Waals surface area contributed by atoms with Crippen LogP contribution in [-0.2, 0) is 0 Å². The Morgan fingerprint density at radius 1 is 1.13 bits per heavy atom. The van der Waals surface area contributed by atoms with Crippen LogP contribution < -0.4 is 0 Å². The van der Waals surface area contributed by atoms with Gasteiger partial charge in [-0.3, -0.25) is 0 Å². The molecular weight excluding hydrogens is 220 g/mol. The van der Waals surface area contributed by atoms with Crippen LogP contribution in [0.25, 0.3) is 0 Å². The molecular formula is C13H20S2. The van der Waals surface area contributed by atoms with Gasteiger partial charge in [0.05, 0.1) is 0 Å². The molecule has 1 atom stereocenters. The minimum atomic E-state index is 0.596. The second-order valence-corrected chi connectivity index (χ2v) is 5.66. The van der Waals surface area contributed by atoms with Crippen LogP contribution in [0.4, 0.5) is 0 Å². The number of benzene rings is 1. The molecule has 0 spiro atoms. The Morgan fingerprint density at radius 3 is 2.33 bits per heavy atom. The van der Waals surface area contributed by atoms with Gasteiger partial charge in [-0.1, -0.05) is 44.2 Å². The summed E-state index contributed by atoms with van der Waals surface area (Å²) in [6.45, 7) is 4.54. The highest BCUT2D eigenvalue weighted by Gasteiger charge is 2.09. The normalized spacial score (nSPS) is 13.1. The molecule has 0 nitrogen and oxygen atoms in total. The predicted octanol–water partition coefficient (Wildman–Crippen LogP) is 4.09. The van der Waals surface area contributed by atoms with E-state index in [4.69, 9.17) is 0 Å². The Hall–Kier alpha value is -0.0800. The van der Waals surface area contributed by atoms with Gasteiger partial charge in [-0.15, -0.1) is 0 Å². The third-order valence-corrected chi connectivity index (χ3v) is 4.24. The third-order valence-electron chi connectivity index (χ3n) is 2.26. The minimum Gasteiger partial charge on any atom is -0.179 e. The molecule has 1 aromatic carbocycles. The van der Waals surface area contributed by atoms with Gasteiger partial charge in [0.15, 0.2) is 0 Å². The fourth-order valence-electron chi connectivity index (χ4n) is 1.43. The van der Waals surface area contributed by atoms with Crippen molar-refractivity contribution >= 4 is 24.4 Å². The Labute approximate surface area is 103 Å². The van der Waals surface area contributed by atoms with Gasteiger partial charge in [0.2, 0.25) is 0 Å². The lowest BCUT2D eigenvalue weighted by Gasteiger charge is -2.15. The average Bonchev–Trinajstić information content (AvgIpc) is 2.25. The van der Waals surface area contributed by atoms with E-state index in [0.29, 0.717) is 5.92 Å². The topological polar surface area (TPSA) is 0 Å². The summed E-state index contributed by atoms with van der Waals surface area (Å²) in [6, 6.07) is 10.7. The molecule has 1 rings (SSSR count). The molecule has 0 aliphatic rings. The monoisotopic (exact) mass is 240 g/mol. The molecule has 0 heterocycles. The molecule has 1 unspecified atom stereocenters. The lowest BCUT2D eigenvalue weighted by Crippen LogP contribution is -2.05. The van der Waals surface area contributed by atoms with Gasteiger partial charge in [0, 0.05) is 11.7 Å². The number of thioether (sulfide) groups is 1. The minimum absolute atomic E-state index is 0.596. The van der Waals surface area contributed by atoms with Crippen molar-refractivity contribution in [3.63, 3.8) is 0 Å². The van der Waals surface area contributed by atoms with Gasteiger partial charge < -0.3 is 0 Å². The van der Waals surface area contributed by atoms with Crippen molar-refractivity contribution in [3.8, 4) is 0 Å². The second kappa shape index (κ2) is 7.24. The van der Waals surface area contributed by atoms with Crippen molar-refractivity contribution in [1.82, 2.24) is 0 Å². The van der Waals surface area contributed by atoms with E-state index < -0.39 is 0 Å². The molecule has 0 saturated carbocycles. The fourth-order valence-corrected chi connectivity index (χ4v) is 3.14. The first-order chi connectivity index (χ1) is 7.24. The Balaban J connectivity index is 2.43. The van der Waals surface area contributed by atoms with Crippen molar-refractivity contribution in [1.29, 1.82) is 0 Å². The zero-order valence-electron chi connectivity index (χ0n) is 9.52. The highest BCUT2D eigenvalue weighted by molar-refractivity contribution is 7.99. The first-order valence-electron chi connectivity index (χ1n) is 5.47. The zero-order valence-corrected chi connectivity index (χ0v) is 11.2. The Morgan fingerprint density at radius 2 is 1.80 bits per heavy atom. The summed E-state index contributed by atoms with van der Waals surface area (Å²) in [5.41, 5.74) is 1.42. The molecule has 84 valence electrons. The molecule has 0 aromatic heterocycles. The molecule has 0 fully saturated rings. The second-order valence-electron chi connectivity index (χ2n) is 4.22. The molecule has 15 heavy (non-hydrogen) atoms. The lowest BCUT2D eigenvalue weighted by molar-refractivity contribution is 0.748. The maximum absolute atomic E-state index is 4.44. The largest absolute Gasteiger partial charge is 0.179 e. The zero-order chi connectivity index (χ0) is 11.1. The Bertz CT molecular complexity index is 256. The van der Waals surface area contributed by atoms with E-state index in [1.54, 1.807) is 0 Å². The summed E-state index contributed by atoms with van der Waals surface area (Å²) in [4.78, 5) is 0. The number of hydrogen-bond acceptors (Lipinski definition) is 2. The summed E-state index contributed by atoms with van der Waals surface area (Å²) < 4.78 is 0. The van der Waals surface area contributed by atoms with E-state index in [1.165, 1.54) is 17.1 Å². The predicted molar refractivity (Wildman–Crippen MR) is 75.2 cm³/mol. The van der Waals surface area contributed by atoms with Gasteiger partial charge in [0.1, 0.15) is 0 Å². The number of rotatable bonds is 6. The van der Waals surface area contributed by atoms with Gasteiger partial charge >= 0.3 is 0 Å². The molecule has 0 bridgehead atoms. The van der Waals surface area contributed by atoms with Gasteiger partial charge in [0.25, 0.3) is 0 Å². The summed E-state index contributed by atoms with van der Waals surface area (Å²) >= 11 is 6.48. The van der Waals surface area contributed by atoms with Crippen molar-refractivity contribution < 1.29 is 0 Å². The van der Waals surface area contributed by atoms with E-state index in [0.717, 1.165) is 11.7 Å². The first-order valence-corrected chi connectivity index (χ1v) is 7.26. The molecule has 0 amide bonds. The molecule has 0 aliphatic carbocycles. The van der Waals surface area contributed by atoms with Gasteiger partial charge in [-0.25, -0.2) is 0 Å². The standard InChI is InChI=1S/C13H20S2/c1-11(2)9-15-10-13(8-14)12-6-4-3-5-7-12/h3-7,11,13-14H,8-10H2,1-2H3. The van der Waals surface area contributed by atoms with Crippen molar-refractivity contribution in [2.75, 3.05) is 17.3 Å². The average molecular weight is 240 g/mol. The smallest absolute Gasteiger partial charge is 0.00172 e. The van der Waals surface area contributed by atoms with E-state index in [9.17, 15) is 0 Å². The first kappa shape index (κ1) is 13.0. The van der Waals surface area contributed by atoms with E-state index in [2.05, 4.69) is 56.8 Å². The summed E-state index contributed by atoms with van der Waals surface area (Å²) in [7, 11) is 0. The van der Waals surface area contributed by atoms with Crippen LogP contribution in [0, 0.1) is 5.92 Å². The van der Waals surface area contributed by atoms with Crippen LogP contribution in [0.15, 0.2) is 30.3 Å². The lowest BCUT2D eigenvalue weighted by atomic mass is 10.0. The van der Waals surface area contributed by atoms with Crippen LogP contribution >= 0.6 is 24.4 Å².